The summed E-state index contributed by atoms with van der Waals surface area (Å²) in [5.74, 6) is 4.78. The first kappa shape index (κ1) is 5.97. The van der Waals surface area contributed by atoms with Gasteiger partial charge in [0.1, 0.15) is 0 Å². The van der Waals surface area contributed by atoms with E-state index in [0.717, 1.165) is 6.42 Å². The lowest BCUT2D eigenvalue weighted by molar-refractivity contribution is -0.255. The second-order valence-electron chi connectivity index (χ2n) is 1.80. The number of hydrogen-bond donors (Lipinski definition) is 2. The molecule has 2 unspecified atom stereocenters. The van der Waals surface area contributed by atoms with E-state index in [-0.39, 0.29) is 12.4 Å². The predicted octanol–water partition coefficient (Wildman–Crippen LogP) is -1.05. The Morgan fingerprint density at radius 2 is 2.38 bits per heavy atom. The van der Waals surface area contributed by atoms with E-state index >= 15 is 0 Å². The van der Waals surface area contributed by atoms with Gasteiger partial charge in [-0.3, -0.25) is 4.84 Å². The van der Waals surface area contributed by atoms with Gasteiger partial charge in [0.15, 0.2) is 6.29 Å². The lowest BCUT2D eigenvalue weighted by Crippen LogP contribution is -2.44. The first-order chi connectivity index (χ1) is 3.86. The standard InChI is InChI=1S/C4H10N2O2/c5-2-3-1-4(7-3)8-6/h3-4H,1-2,5-6H2. The monoisotopic (exact) mass is 118 g/mol. The van der Waals surface area contributed by atoms with Crippen LogP contribution < -0.4 is 11.6 Å². The molecule has 0 bridgehead atoms. The maximum Gasteiger partial charge on any atom is 0.179 e. The van der Waals surface area contributed by atoms with E-state index < -0.39 is 0 Å². The minimum absolute atomic E-state index is 0.170. The Morgan fingerprint density at radius 1 is 1.75 bits per heavy atom. The summed E-state index contributed by atoms with van der Waals surface area (Å²) < 4.78 is 4.97. The van der Waals surface area contributed by atoms with Gasteiger partial charge in [-0.25, -0.2) is 5.90 Å². The molecular formula is C4H10N2O2. The van der Waals surface area contributed by atoms with Gasteiger partial charge >= 0.3 is 0 Å². The quantitative estimate of drug-likeness (QED) is 0.454. The van der Waals surface area contributed by atoms with Crippen LogP contribution in [0.25, 0.3) is 0 Å². The van der Waals surface area contributed by atoms with E-state index in [0.29, 0.717) is 6.54 Å². The third kappa shape index (κ3) is 0.976. The van der Waals surface area contributed by atoms with Crippen molar-refractivity contribution in [2.24, 2.45) is 11.6 Å². The lowest BCUT2D eigenvalue weighted by Gasteiger charge is -2.32. The van der Waals surface area contributed by atoms with Crippen LogP contribution in [0.5, 0.6) is 0 Å². The van der Waals surface area contributed by atoms with Crippen molar-refractivity contribution in [2.45, 2.75) is 18.8 Å². The third-order valence-electron chi connectivity index (χ3n) is 1.21. The van der Waals surface area contributed by atoms with Gasteiger partial charge in [0, 0.05) is 13.0 Å². The normalized spacial score (nSPS) is 36.8. The SMILES string of the molecule is NCC1CC(ON)O1. The fourth-order valence-electron chi connectivity index (χ4n) is 0.658. The van der Waals surface area contributed by atoms with E-state index in [4.69, 9.17) is 16.4 Å². The lowest BCUT2D eigenvalue weighted by atomic mass is 10.2. The summed E-state index contributed by atoms with van der Waals surface area (Å²) in [5, 5.41) is 0. The summed E-state index contributed by atoms with van der Waals surface area (Å²) in [6.07, 6.45) is 0.791. The zero-order valence-corrected chi connectivity index (χ0v) is 4.54. The van der Waals surface area contributed by atoms with E-state index in [1.165, 1.54) is 0 Å². The molecular weight excluding hydrogens is 108 g/mol. The first-order valence-corrected chi connectivity index (χ1v) is 2.58. The van der Waals surface area contributed by atoms with Crippen LogP contribution in [0.15, 0.2) is 0 Å². The largest absolute Gasteiger partial charge is 0.346 e. The highest BCUT2D eigenvalue weighted by molar-refractivity contribution is 4.70. The molecule has 0 aromatic heterocycles. The minimum atomic E-state index is -0.205. The molecule has 0 amide bonds. The molecule has 1 aliphatic heterocycles. The minimum Gasteiger partial charge on any atom is -0.346 e. The summed E-state index contributed by atoms with van der Waals surface area (Å²) in [6.45, 7) is 0.555. The average molecular weight is 118 g/mol. The zero-order chi connectivity index (χ0) is 5.98. The van der Waals surface area contributed by atoms with Gasteiger partial charge in [-0.1, -0.05) is 0 Å². The van der Waals surface area contributed by atoms with Gasteiger partial charge in [-0.2, -0.15) is 0 Å². The predicted molar refractivity (Wildman–Crippen MR) is 27.6 cm³/mol. The Bertz CT molecular complexity index is 64.4. The number of hydrogen-bond acceptors (Lipinski definition) is 4. The molecule has 1 heterocycles. The molecule has 0 aromatic rings. The molecule has 0 spiro atoms. The summed E-state index contributed by atoms with van der Waals surface area (Å²) in [6, 6.07) is 0. The maximum atomic E-state index is 5.23. The molecule has 2 atom stereocenters. The van der Waals surface area contributed by atoms with Gasteiger partial charge < -0.3 is 10.5 Å². The van der Waals surface area contributed by atoms with E-state index in [9.17, 15) is 0 Å². The maximum absolute atomic E-state index is 5.23. The van der Waals surface area contributed by atoms with Gasteiger partial charge in [-0.05, 0) is 0 Å². The van der Waals surface area contributed by atoms with E-state index in [1.807, 2.05) is 0 Å². The van der Waals surface area contributed by atoms with Crippen molar-refractivity contribution in [1.29, 1.82) is 0 Å². The van der Waals surface area contributed by atoms with E-state index in [2.05, 4.69) is 4.84 Å². The smallest absolute Gasteiger partial charge is 0.179 e. The van der Waals surface area contributed by atoms with Crippen LogP contribution in [0.1, 0.15) is 6.42 Å². The summed E-state index contributed by atoms with van der Waals surface area (Å²) in [7, 11) is 0. The summed E-state index contributed by atoms with van der Waals surface area (Å²) in [5.41, 5.74) is 5.23. The van der Waals surface area contributed by atoms with Crippen LogP contribution >= 0.6 is 0 Å². The number of rotatable bonds is 2. The van der Waals surface area contributed by atoms with Crippen LogP contribution in [-0.2, 0) is 9.57 Å². The van der Waals surface area contributed by atoms with Crippen molar-refractivity contribution in [1.82, 2.24) is 0 Å². The highest BCUT2D eigenvalue weighted by Crippen LogP contribution is 2.18. The van der Waals surface area contributed by atoms with Gasteiger partial charge in [0.2, 0.25) is 0 Å². The zero-order valence-electron chi connectivity index (χ0n) is 4.54. The van der Waals surface area contributed by atoms with Gasteiger partial charge in [-0.15, -0.1) is 0 Å². The highest BCUT2D eigenvalue weighted by Gasteiger charge is 2.28. The topological polar surface area (TPSA) is 70.5 Å². The molecule has 0 aromatic carbocycles. The average Bonchev–Trinajstić information content (AvgIpc) is 1.65. The van der Waals surface area contributed by atoms with Crippen molar-refractivity contribution < 1.29 is 9.57 Å². The van der Waals surface area contributed by atoms with Crippen molar-refractivity contribution in [3.63, 3.8) is 0 Å². The molecule has 1 aliphatic rings. The van der Waals surface area contributed by atoms with Crippen LogP contribution in [0.2, 0.25) is 0 Å². The second-order valence-corrected chi connectivity index (χ2v) is 1.80. The van der Waals surface area contributed by atoms with E-state index in [1.54, 1.807) is 0 Å². The molecule has 8 heavy (non-hydrogen) atoms. The first-order valence-electron chi connectivity index (χ1n) is 2.58. The number of nitrogens with two attached hydrogens (primary N) is 2. The molecule has 0 saturated carbocycles. The number of ether oxygens (including phenoxy) is 1. The van der Waals surface area contributed by atoms with Crippen molar-refractivity contribution >= 4 is 0 Å². The third-order valence-corrected chi connectivity index (χ3v) is 1.21. The van der Waals surface area contributed by atoms with Crippen LogP contribution in [0.4, 0.5) is 0 Å². The molecule has 1 fully saturated rings. The van der Waals surface area contributed by atoms with Crippen molar-refractivity contribution in [3.8, 4) is 0 Å². The van der Waals surface area contributed by atoms with Gasteiger partial charge in [0.25, 0.3) is 0 Å². The Balaban J connectivity index is 2.03. The highest BCUT2D eigenvalue weighted by atomic mass is 16.8. The second kappa shape index (κ2) is 2.41. The molecule has 4 N–H and O–H groups in total. The molecule has 4 nitrogen and oxygen atoms in total. The summed E-state index contributed by atoms with van der Waals surface area (Å²) >= 11 is 0. The summed E-state index contributed by atoms with van der Waals surface area (Å²) in [4.78, 5) is 4.34. The Labute approximate surface area is 47.7 Å². The fourth-order valence-corrected chi connectivity index (χ4v) is 0.658. The molecule has 1 saturated heterocycles. The van der Waals surface area contributed by atoms with Crippen LogP contribution in [-0.4, -0.2) is 18.9 Å². The Kier molecular flexibility index (Phi) is 1.80. The Morgan fingerprint density at radius 3 is 2.75 bits per heavy atom. The fraction of sp³-hybridized carbons (Fsp3) is 1.00. The molecule has 0 radical (unpaired) electrons. The Hall–Kier alpha value is -0.160. The van der Waals surface area contributed by atoms with Gasteiger partial charge in [0.05, 0.1) is 6.10 Å². The molecule has 0 aliphatic carbocycles. The van der Waals surface area contributed by atoms with Crippen LogP contribution in [0, 0.1) is 0 Å². The molecule has 4 heteroatoms. The van der Waals surface area contributed by atoms with Crippen molar-refractivity contribution in [3.05, 3.63) is 0 Å². The van der Waals surface area contributed by atoms with Crippen molar-refractivity contribution in [2.75, 3.05) is 6.54 Å². The molecule has 1 rings (SSSR count). The molecule has 48 valence electrons. The van der Waals surface area contributed by atoms with Crippen LogP contribution in [0.3, 0.4) is 0 Å².